The normalized spacial score (nSPS) is 14.0. The second kappa shape index (κ2) is 17.4. The van der Waals surface area contributed by atoms with E-state index >= 15 is 0 Å². The number of H-pyrrole nitrogens is 1. The van der Waals surface area contributed by atoms with E-state index in [1.807, 2.05) is 24.3 Å². The van der Waals surface area contributed by atoms with Crippen molar-refractivity contribution in [2.75, 3.05) is 26.2 Å². The van der Waals surface area contributed by atoms with Crippen LogP contribution < -0.4 is 21.2 Å². The molecule has 6 rings (SSSR count). The first-order chi connectivity index (χ1) is 24.1. The van der Waals surface area contributed by atoms with E-state index in [1.165, 1.54) is 37.1 Å². The van der Waals surface area contributed by atoms with E-state index in [4.69, 9.17) is 9.72 Å². The highest BCUT2D eigenvalue weighted by Gasteiger charge is 2.30. The predicted octanol–water partition coefficient (Wildman–Crippen LogP) is 4.90. The summed E-state index contributed by atoms with van der Waals surface area (Å²) in [6.07, 6.45) is 2.58. The molecule has 15 heteroatoms. The fourth-order valence-corrected chi connectivity index (χ4v) is 6.61. The molecule has 1 fully saturated rings. The topological polar surface area (TPSA) is 122 Å². The van der Waals surface area contributed by atoms with Gasteiger partial charge in [0.1, 0.15) is 12.4 Å². The number of halogens is 3. The van der Waals surface area contributed by atoms with Crippen LogP contribution in [0, 0.1) is 11.8 Å². The van der Waals surface area contributed by atoms with Gasteiger partial charge in [0.05, 0.1) is 41.9 Å². The lowest BCUT2D eigenvalue weighted by atomic mass is 10.0. The number of hydrogen-bond acceptors (Lipinski definition) is 9. The summed E-state index contributed by atoms with van der Waals surface area (Å²) in [5, 5.41) is 4.23. The lowest BCUT2D eigenvalue weighted by molar-refractivity contribution is -0.137. The highest BCUT2D eigenvalue weighted by Crippen LogP contribution is 2.37. The third-order valence-electron chi connectivity index (χ3n) is 7.94. The summed E-state index contributed by atoms with van der Waals surface area (Å²) in [5.41, 5.74) is 0.981. The molecule has 2 aliphatic rings. The number of carbonyl (C=O) groups is 1. The number of benzene rings is 2. The van der Waals surface area contributed by atoms with Gasteiger partial charge >= 0.3 is 6.18 Å². The highest BCUT2D eigenvalue weighted by molar-refractivity contribution is 7.99. The fourth-order valence-electron chi connectivity index (χ4n) is 5.03. The summed E-state index contributed by atoms with van der Waals surface area (Å²) in [6, 6.07) is 13.3. The second-order valence-electron chi connectivity index (χ2n) is 11.4. The van der Waals surface area contributed by atoms with Crippen LogP contribution >= 0.6 is 24.4 Å². The molecule has 0 radical (unpaired) electrons. The molecule has 1 aliphatic heterocycles. The van der Waals surface area contributed by atoms with Gasteiger partial charge in [-0.25, -0.2) is 9.97 Å². The first-order valence-electron chi connectivity index (χ1n) is 15.9. The number of aromatic amines is 1. The average molecular weight is 725 g/mol. The third-order valence-corrected chi connectivity index (χ3v) is 9.61. The molecule has 0 saturated heterocycles. The lowest BCUT2D eigenvalue weighted by Crippen LogP contribution is -2.42. The number of fused-ring (bicyclic) bond motifs is 1. The Kier molecular flexibility index (Phi) is 12.8. The van der Waals surface area contributed by atoms with Gasteiger partial charge in [0.25, 0.3) is 11.1 Å². The molecule has 2 N–H and O–H groups in total. The molecule has 3 heterocycles. The second-order valence-corrected chi connectivity index (χ2v) is 13.1. The van der Waals surface area contributed by atoms with Gasteiger partial charge < -0.3 is 19.9 Å². The van der Waals surface area contributed by atoms with E-state index in [-0.39, 0.29) is 36.6 Å². The summed E-state index contributed by atoms with van der Waals surface area (Å²) in [6.45, 7) is 1.47. The van der Waals surface area contributed by atoms with E-state index < -0.39 is 11.7 Å². The standard InChI is InChI=1S/C31H31F3N4O3S2.C4H4N2O/c32-31(33,34)21-10-12-22(13-11-21)41-19-4-3-16-35-17-14-28(39)37-18-15-25-24(20-37)29(40)38(26-8-1-2-9-27(26)42)30(36-25)43-23-6-5-7-23;7-4-1-2-5-3-6-4/h1-2,8-13,23,35,42H,5-7,14-20H2;1-3H,(H,5,6,7). The Morgan fingerprint density at radius 3 is 2.52 bits per heavy atom. The summed E-state index contributed by atoms with van der Waals surface area (Å²) in [4.78, 5) is 50.2. The molecular formula is C35H35F3N6O4S2. The Bertz CT molecular complexity index is 1940. The fraction of sp³-hybridized carbons (Fsp3) is 0.343. The predicted molar refractivity (Wildman–Crippen MR) is 187 cm³/mol. The van der Waals surface area contributed by atoms with E-state index in [1.54, 1.807) is 21.2 Å². The smallest absolute Gasteiger partial charge is 0.416 e. The first kappa shape index (κ1) is 36.8. The molecule has 1 aliphatic carbocycles. The summed E-state index contributed by atoms with van der Waals surface area (Å²) >= 11 is 6.24. The van der Waals surface area contributed by atoms with Crippen molar-refractivity contribution in [3.8, 4) is 23.3 Å². The van der Waals surface area contributed by atoms with Gasteiger partial charge in [0.15, 0.2) is 5.16 Å². The van der Waals surface area contributed by atoms with Gasteiger partial charge in [0.2, 0.25) is 5.91 Å². The highest BCUT2D eigenvalue weighted by atomic mass is 32.2. The molecule has 0 spiro atoms. The van der Waals surface area contributed by atoms with E-state index in [2.05, 4.69) is 39.8 Å². The maximum atomic E-state index is 13.8. The van der Waals surface area contributed by atoms with Crippen LogP contribution in [0.2, 0.25) is 0 Å². The van der Waals surface area contributed by atoms with Crippen molar-refractivity contribution in [2.45, 2.75) is 60.1 Å². The zero-order valence-electron chi connectivity index (χ0n) is 26.9. The largest absolute Gasteiger partial charge is 0.481 e. The van der Waals surface area contributed by atoms with Crippen molar-refractivity contribution < 1.29 is 22.7 Å². The monoisotopic (exact) mass is 724 g/mol. The Labute approximate surface area is 296 Å². The van der Waals surface area contributed by atoms with Gasteiger partial charge in [-0.1, -0.05) is 42.2 Å². The minimum absolute atomic E-state index is 0.0310. The van der Waals surface area contributed by atoms with Crippen LogP contribution in [0.4, 0.5) is 13.2 Å². The number of rotatable bonds is 9. The molecule has 0 unspecified atom stereocenters. The number of thiol groups is 1. The number of ether oxygens (including phenoxy) is 1. The molecule has 1 saturated carbocycles. The Morgan fingerprint density at radius 1 is 1.10 bits per heavy atom. The van der Waals surface area contributed by atoms with Crippen LogP contribution in [-0.2, 0) is 23.9 Å². The number of aromatic nitrogens is 4. The number of carbonyl (C=O) groups excluding carboxylic acids is 1. The number of para-hydroxylation sites is 1. The zero-order valence-corrected chi connectivity index (χ0v) is 28.6. The number of nitrogens with one attached hydrogen (secondary N) is 2. The molecule has 4 aromatic rings. The molecule has 0 bridgehead atoms. The van der Waals surface area contributed by atoms with Crippen LogP contribution in [-0.4, -0.2) is 61.8 Å². The SMILES string of the molecule is O=C(CCNCC#CCOc1ccc(C(F)(F)F)cc1)N1CCc2nc(SC3CCC3)n(-c3ccccc3S)c(=O)c2C1.O=c1ccnc[nH]1. The third kappa shape index (κ3) is 10.0. The first-order valence-corrected chi connectivity index (χ1v) is 17.3. The molecule has 262 valence electrons. The van der Waals surface area contributed by atoms with Gasteiger partial charge in [-0.3, -0.25) is 19.0 Å². The minimum Gasteiger partial charge on any atom is -0.481 e. The quantitative estimate of drug-likeness (QED) is 0.0966. The minimum atomic E-state index is -4.39. The van der Waals surface area contributed by atoms with Crippen molar-refractivity contribution >= 4 is 30.3 Å². The van der Waals surface area contributed by atoms with Crippen molar-refractivity contribution in [3.63, 3.8) is 0 Å². The van der Waals surface area contributed by atoms with Crippen LogP contribution in [0.15, 0.2) is 86.8 Å². The van der Waals surface area contributed by atoms with Crippen molar-refractivity contribution in [3.05, 3.63) is 105 Å². The number of nitrogens with zero attached hydrogens (tertiary/aromatic N) is 4. The average Bonchev–Trinajstić information content (AvgIpc) is 3.08. The van der Waals surface area contributed by atoms with Crippen LogP contribution in [0.3, 0.4) is 0 Å². The molecule has 10 nitrogen and oxygen atoms in total. The number of hydrogen-bond donors (Lipinski definition) is 3. The molecule has 2 aromatic heterocycles. The van der Waals surface area contributed by atoms with E-state index in [0.717, 1.165) is 30.7 Å². The Morgan fingerprint density at radius 2 is 1.88 bits per heavy atom. The maximum absolute atomic E-state index is 13.8. The summed E-state index contributed by atoms with van der Waals surface area (Å²) < 4.78 is 44.9. The number of amides is 1. The van der Waals surface area contributed by atoms with Crippen LogP contribution in [0.5, 0.6) is 5.75 Å². The number of thioether (sulfide) groups is 1. The zero-order chi connectivity index (χ0) is 35.5. The van der Waals surface area contributed by atoms with Crippen molar-refractivity contribution in [1.82, 2.24) is 29.7 Å². The summed E-state index contributed by atoms with van der Waals surface area (Å²) in [5.74, 6) is 5.89. The van der Waals surface area contributed by atoms with E-state index in [0.29, 0.717) is 58.4 Å². The molecule has 1 amide bonds. The Balaban J connectivity index is 0.000000619. The van der Waals surface area contributed by atoms with Crippen LogP contribution in [0.1, 0.15) is 42.5 Å². The van der Waals surface area contributed by atoms with Gasteiger partial charge in [-0.05, 0) is 49.2 Å². The molecule has 0 atom stereocenters. The summed E-state index contributed by atoms with van der Waals surface area (Å²) in [7, 11) is 0. The molecular weight excluding hydrogens is 690 g/mol. The van der Waals surface area contributed by atoms with Crippen molar-refractivity contribution in [2.24, 2.45) is 0 Å². The molecule has 2 aromatic carbocycles. The Hall–Kier alpha value is -4.52. The number of alkyl halides is 3. The van der Waals surface area contributed by atoms with Gasteiger partial charge in [-0.2, -0.15) is 13.2 Å². The van der Waals surface area contributed by atoms with Crippen molar-refractivity contribution in [1.29, 1.82) is 0 Å². The van der Waals surface area contributed by atoms with Gasteiger partial charge in [0, 0.05) is 48.3 Å². The maximum Gasteiger partial charge on any atom is 0.416 e. The lowest BCUT2D eigenvalue weighted by Gasteiger charge is -2.30. The molecule has 50 heavy (non-hydrogen) atoms. The van der Waals surface area contributed by atoms with E-state index in [9.17, 15) is 27.6 Å². The van der Waals surface area contributed by atoms with Gasteiger partial charge in [-0.15, -0.1) is 12.6 Å². The van der Waals surface area contributed by atoms with Crippen LogP contribution in [0.25, 0.3) is 5.69 Å².